The van der Waals surface area contributed by atoms with Gasteiger partial charge in [-0.25, -0.2) is 0 Å². The van der Waals surface area contributed by atoms with Crippen molar-refractivity contribution < 1.29 is 4.92 Å². The number of rotatable bonds is 3. The summed E-state index contributed by atoms with van der Waals surface area (Å²) < 4.78 is 0. The summed E-state index contributed by atoms with van der Waals surface area (Å²) in [6.45, 7) is 3.95. The maximum absolute atomic E-state index is 10.8. The molecule has 1 unspecified atom stereocenters. The molecule has 0 bridgehead atoms. The Morgan fingerprint density at radius 3 is 2.94 bits per heavy atom. The Morgan fingerprint density at radius 2 is 2.28 bits per heavy atom. The summed E-state index contributed by atoms with van der Waals surface area (Å²) in [4.78, 5) is 12.7. The highest BCUT2D eigenvalue weighted by atomic mass is 16.6. The molecular weight excluding hydrogens is 230 g/mol. The van der Waals surface area contributed by atoms with Gasteiger partial charge in [-0.1, -0.05) is 6.42 Å². The van der Waals surface area contributed by atoms with Gasteiger partial charge in [0.05, 0.1) is 4.92 Å². The standard InChI is InChI=1S/C13H19N3O2/c1-10-4-2-3-7-15(10)9-11-8-12(16(17)18)5-6-13(11)14/h5-6,8,10H,2-4,7,9,14H2,1H3. The molecule has 1 aromatic carbocycles. The van der Waals surface area contributed by atoms with E-state index in [0.717, 1.165) is 12.1 Å². The highest BCUT2D eigenvalue weighted by Crippen LogP contribution is 2.24. The zero-order chi connectivity index (χ0) is 13.1. The summed E-state index contributed by atoms with van der Waals surface area (Å²) >= 11 is 0. The largest absolute Gasteiger partial charge is 0.398 e. The lowest BCUT2D eigenvalue weighted by molar-refractivity contribution is -0.384. The monoisotopic (exact) mass is 249 g/mol. The van der Waals surface area contributed by atoms with E-state index < -0.39 is 0 Å². The van der Waals surface area contributed by atoms with Gasteiger partial charge in [-0.05, 0) is 37.9 Å². The second-order valence-corrected chi connectivity index (χ2v) is 4.96. The second-order valence-electron chi connectivity index (χ2n) is 4.96. The number of piperidine rings is 1. The molecule has 0 amide bonds. The molecule has 1 aliphatic rings. The van der Waals surface area contributed by atoms with Gasteiger partial charge in [0.1, 0.15) is 0 Å². The van der Waals surface area contributed by atoms with Crippen LogP contribution in [0, 0.1) is 10.1 Å². The molecule has 18 heavy (non-hydrogen) atoms. The molecule has 1 aliphatic heterocycles. The predicted molar refractivity (Wildman–Crippen MR) is 71.2 cm³/mol. The van der Waals surface area contributed by atoms with Crippen LogP contribution in [0.15, 0.2) is 18.2 Å². The van der Waals surface area contributed by atoms with Gasteiger partial charge >= 0.3 is 0 Å². The van der Waals surface area contributed by atoms with Gasteiger partial charge in [-0.15, -0.1) is 0 Å². The van der Waals surface area contributed by atoms with Crippen LogP contribution in [0.4, 0.5) is 11.4 Å². The van der Waals surface area contributed by atoms with Crippen LogP contribution in [0.5, 0.6) is 0 Å². The summed E-state index contributed by atoms with van der Waals surface area (Å²) in [6, 6.07) is 5.20. The van der Waals surface area contributed by atoms with Crippen molar-refractivity contribution in [1.29, 1.82) is 0 Å². The summed E-state index contributed by atoms with van der Waals surface area (Å²) in [5.74, 6) is 0. The van der Waals surface area contributed by atoms with Crippen LogP contribution < -0.4 is 5.73 Å². The van der Waals surface area contributed by atoms with Crippen molar-refractivity contribution in [3.05, 3.63) is 33.9 Å². The number of anilines is 1. The van der Waals surface area contributed by atoms with E-state index in [1.807, 2.05) is 0 Å². The molecule has 1 heterocycles. The van der Waals surface area contributed by atoms with Crippen molar-refractivity contribution in [1.82, 2.24) is 4.90 Å². The maximum atomic E-state index is 10.8. The topological polar surface area (TPSA) is 72.4 Å². The highest BCUT2D eigenvalue weighted by Gasteiger charge is 2.20. The number of non-ortho nitro benzene ring substituents is 1. The Bertz CT molecular complexity index is 448. The SMILES string of the molecule is CC1CCCCN1Cc1cc([N+](=O)[O-])ccc1N. The third-order valence-corrected chi connectivity index (χ3v) is 3.65. The number of nitro groups is 1. The van der Waals surface area contributed by atoms with E-state index in [1.165, 1.54) is 25.3 Å². The molecule has 0 radical (unpaired) electrons. The van der Waals surface area contributed by atoms with Gasteiger partial charge in [-0.2, -0.15) is 0 Å². The van der Waals surface area contributed by atoms with Crippen LogP contribution in [-0.4, -0.2) is 22.4 Å². The van der Waals surface area contributed by atoms with Gasteiger partial charge in [0, 0.05) is 30.4 Å². The zero-order valence-corrected chi connectivity index (χ0v) is 10.6. The lowest BCUT2D eigenvalue weighted by Gasteiger charge is -2.33. The van der Waals surface area contributed by atoms with Gasteiger partial charge in [0.25, 0.3) is 5.69 Å². The molecule has 1 saturated heterocycles. The minimum atomic E-state index is -0.372. The molecule has 0 aromatic heterocycles. The molecular formula is C13H19N3O2. The van der Waals surface area contributed by atoms with Crippen LogP contribution >= 0.6 is 0 Å². The molecule has 2 rings (SSSR count). The Morgan fingerprint density at radius 1 is 1.50 bits per heavy atom. The third-order valence-electron chi connectivity index (χ3n) is 3.65. The van der Waals surface area contributed by atoms with Crippen LogP contribution in [0.1, 0.15) is 31.7 Å². The predicted octanol–water partition coefficient (Wildman–Crippen LogP) is 2.55. The van der Waals surface area contributed by atoms with E-state index in [1.54, 1.807) is 12.1 Å². The summed E-state index contributed by atoms with van der Waals surface area (Å²) in [7, 11) is 0. The van der Waals surface area contributed by atoms with Crippen LogP contribution in [0.3, 0.4) is 0 Å². The Kier molecular flexibility index (Phi) is 3.81. The zero-order valence-electron chi connectivity index (χ0n) is 10.6. The fourth-order valence-electron chi connectivity index (χ4n) is 2.45. The minimum absolute atomic E-state index is 0.115. The van der Waals surface area contributed by atoms with Crippen LogP contribution in [-0.2, 0) is 6.54 Å². The maximum Gasteiger partial charge on any atom is 0.269 e. The van der Waals surface area contributed by atoms with Crippen molar-refractivity contribution in [2.75, 3.05) is 12.3 Å². The van der Waals surface area contributed by atoms with Gasteiger partial charge in [-0.3, -0.25) is 15.0 Å². The first-order chi connectivity index (χ1) is 8.58. The van der Waals surface area contributed by atoms with Crippen LogP contribution in [0.25, 0.3) is 0 Å². The minimum Gasteiger partial charge on any atom is -0.398 e. The molecule has 0 saturated carbocycles. The quantitative estimate of drug-likeness (QED) is 0.507. The van der Waals surface area contributed by atoms with E-state index in [0.29, 0.717) is 18.3 Å². The first-order valence-corrected chi connectivity index (χ1v) is 6.35. The van der Waals surface area contributed by atoms with Crippen molar-refractivity contribution in [2.45, 2.75) is 38.8 Å². The van der Waals surface area contributed by atoms with Gasteiger partial charge in [0.15, 0.2) is 0 Å². The first-order valence-electron chi connectivity index (χ1n) is 6.35. The third kappa shape index (κ3) is 2.79. The smallest absolute Gasteiger partial charge is 0.269 e. The van der Waals surface area contributed by atoms with Crippen LogP contribution in [0.2, 0.25) is 0 Å². The average molecular weight is 249 g/mol. The molecule has 2 N–H and O–H groups in total. The number of hydrogen-bond donors (Lipinski definition) is 1. The van der Waals surface area contributed by atoms with Crippen molar-refractivity contribution in [2.24, 2.45) is 0 Å². The fraction of sp³-hybridized carbons (Fsp3) is 0.538. The summed E-state index contributed by atoms with van der Waals surface area (Å²) in [6.07, 6.45) is 3.65. The number of hydrogen-bond acceptors (Lipinski definition) is 4. The average Bonchev–Trinajstić information content (AvgIpc) is 2.34. The normalized spacial score (nSPS) is 20.8. The molecule has 1 atom stereocenters. The first kappa shape index (κ1) is 12.8. The lowest BCUT2D eigenvalue weighted by Crippen LogP contribution is -2.36. The molecule has 98 valence electrons. The molecule has 5 nitrogen and oxygen atoms in total. The van der Waals surface area contributed by atoms with Gasteiger partial charge in [0.2, 0.25) is 0 Å². The van der Waals surface area contributed by atoms with E-state index in [2.05, 4.69) is 11.8 Å². The highest BCUT2D eigenvalue weighted by molar-refractivity contribution is 5.52. The fourth-order valence-corrected chi connectivity index (χ4v) is 2.45. The molecule has 0 aliphatic carbocycles. The number of nitro benzene ring substituents is 1. The summed E-state index contributed by atoms with van der Waals surface area (Å²) in [5.41, 5.74) is 7.51. The van der Waals surface area contributed by atoms with E-state index >= 15 is 0 Å². The molecule has 0 spiro atoms. The van der Waals surface area contributed by atoms with Crippen molar-refractivity contribution in [3.63, 3.8) is 0 Å². The molecule has 5 heteroatoms. The number of likely N-dealkylation sites (tertiary alicyclic amines) is 1. The molecule has 1 aromatic rings. The van der Waals surface area contributed by atoms with Crippen molar-refractivity contribution in [3.8, 4) is 0 Å². The van der Waals surface area contributed by atoms with E-state index in [9.17, 15) is 10.1 Å². The Hall–Kier alpha value is -1.62. The number of nitrogens with two attached hydrogens (primary N) is 1. The molecule has 1 fully saturated rings. The Balaban J connectivity index is 2.17. The number of benzene rings is 1. The van der Waals surface area contributed by atoms with Gasteiger partial charge < -0.3 is 5.73 Å². The van der Waals surface area contributed by atoms with E-state index in [-0.39, 0.29) is 10.6 Å². The second kappa shape index (κ2) is 5.35. The Labute approximate surface area is 107 Å². The number of nitrogen functional groups attached to an aromatic ring is 1. The van der Waals surface area contributed by atoms with Crippen molar-refractivity contribution >= 4 is 11.4 Å². The summed E-state index contributed by atoms with van der Waals surface area (Å²) in [5, 5.41) is 10.8. The number of nitrogens with zero attached hydrogens (tertiary/aromatic N) is 2. The van der Waals surface area contributed by atoms with E-state index in [4.69, 9.17) is 5.73 Å². The lowest BCUT2D eigenvalue weighted by atomic mass is 10.0.